The number of carboxylic acid groups (broad SMARTS) is 1. The SMILES string of the molecule is CC1CCCN(C(=O)NC2(C(=O)O)CCCCCC2)CC1. The minimum Gasteiger partial charge on any atom is -0.480 e. The summed E-state index contributed by atoms with van der Waals surface area (Å²) in [5, 5.41) is 12.5. The van der Waals surface area contributed by atoms with Crippen LogP contribution in [0.25, 0.3) is 0 Å². The first-order valence-corrected chi connectivity index (χ1v) is 8.34. The molecule has 5 nitrogen and oxygen atoms in total. The fourth-order valence-electron chi connectivity index (χ4n) is 3.47. The Hall–Kier alpha value is -1.26. The van der Waals surface area contributed by atoms with Crippen molar-refractivity contribution in [3.8, 4) is 0 Å². The number of rotatable bonds is 2. The third-order valence-corrected chi connectivity index (χ3v) is 5.02. The lowest BCUT2D eigenvalue weighted by Crippen LogP contribution is -2.57. The van der Waals surface area contributed by atoms with Gasteiger partial charge in [-0.15, -0.1) is 0 Å². The number of nitrogens with zero attached hydrogens (tertiary/aromatic N) is 1. The van der Waals surface area contributed by atoms with Crippen molar-refractivity contribution < 1.29 is 14.7 Å². The highest BCUT2D eigenvalue weighted by Gasteiger charge is 2.41. The minimum absolute atomic E-state index is 0.187. The summed E-state index contributed by atoms with van der Waals surface area (Å²) < 4.78 is 0. The number of hydrogen-bond donors (Lipinski definition) is 2. The van der Waals surface area contributed by atoms with Crippen LogP contribution in [0.1, 0.15) is 64.7 Å². The molecule has 2 aliphatic rings. The van der Waals surface area contributed by atoms with E-state index in [-0.39, 0.29) is 6.03 Å². The molecule has 21 heavy (non-hydrogen) atoms. The summed E-state index contributed by atoms with van der Waals surface area (Å²) in [6, 6.07) is -0.187. The van der Waals surface area contributed by atoms with Gasteiger partial charge in [-0.25, -0.2) is 9.59 Å². The second-order valence-corrected chi connectivity index (χ2v) is 6.75. The molecule has 0 bridgehead atoms. The van der Waals surface area contributed by atoms with Crippen LogP contribution in [0, 0.1) is 5.92 Å². The minimum atomic E-state index is -1.05. The predicted molar refractivity (Wildman–Crippen MR) is 81.2 cm³/mol. The molecule has 1 unspecified atom stereocenters. The van der Waals surface area contributed by atoms with E-state index >= 15 is 0 Å². The summed E-state index contributed by atoms with van der Waals surface area (Å²) in [5.41, 5.74) is -1.05. The van der Waals surface area contributed by atoms with Gasteiger partial charge in [-0.2, -0.15) is 0 Å². The van der Waals surface area contributed by atoms with E-state index in [1.807, 2.05) is 0 Å². The van der Waals surface area contributed by atoms with Gasteiger partial charge in [0.2, 0.25) is 0 Å². The van der Waals surface area contributed by atoms with Gasteiger partial charge >= 0.3 is 12.0 Å². The molecule has 0 aromatic carbocycles. The Kier molecular flexibility index (Phi) is 5.48. The number of carbonyl (C=O) groups is 2. The second kappa shape index (κ2) is 7.14. The average molecular weight is 296 g/mol. The molecular weight excluding hydrogens is 268 g/mol. The van der Waals surface area contributed by atoms with Gasteiger partial charge in [-0.3, -0.25) is 0 Å². The lowest BCUT2D eigenvalue weighted by atomic mass is 9.90. The van der Waals surface area contributed by atoms with Gasteiger partial charge in [-0.1, -0.05) is 32.6 Å². The van der Waals surface area contributed by atoms with Crippen LogP contribution >= 0.6 is 0 Å². The Bertz CT molecular complexity index is 376. The molecule has 2 N–H and O–H groups in total. The summed E-state index contributed by atoms with van der Waals surface area (Å²) >= 11 is 0. The maximum Gasteiger partial charge on any atom is 0.329 e. The van der Waals surface area contributed by atoms with Crippen LogP contribution in [0.15, 0.2) is 0 Å². The number of nitrogens with one attached hydrogen (secondary N) is 1. The number of urea groups is 1. The van der Waals surface area contributed by atoms with Crippen LogP contribution in [-0.2, 0) is 4.79 Å². The van der Waals surface area contributed by atoms with E-state index in [0.29, 0.717) is 18.8 Å². The van der Waals surface area contributed by atoms with Crippen molar-refractivity contribution in [3.05, 3.63) is 0 Å². The monoisotopic (exact) mass is 296 g/mol. The topological polar surface area (TPSA) is 69.6 Å². The van der Waals surface area contributed by atoms with Crippen LogP contribution in [0.4, 0.5) is 4.79 Å². The van der Waals surface area contributed by atoms with Crippen LogP contribution in [0.3, 0.4) is 0 Å². The van der Waals surface area contributed by atoms with Crippen molar-refractivity contribution in [3.63, 3.8) is 0 Å². The number of carbonyl (C=O) groups excluding carboxylic acids is 1. The predicted octanol–water partition coefficient (Wildman–Crippen LogP) is 3.00. The molecule has 1 aliphatic heterocycles. The molecule has 5 heteroatoms. The zero-order chi connectivity index (χ0) is 15.3. The maximum atomic E-state index is 12.5. The number of carboxylic acids is 1. The van der Waals surface area contributed by atoms with Crippen LogP contribution in [0.5, 0.6) is 0 Å². The Morgan fingerprint density at radius 2 is 1.71 bits per heavy atom. The Morgan fingerprint density at radius 3 is 2.33 bits per heavy atom. The molecule has 120 valence electrons. The largest absolute Gasteiger partial charge is 0.480 e. The Balaban J connectivity index is 2.02. The summed E-state index contributed by atoms with van der Waals surface area (Å²) in [4.78, 5) is 26.0. The molecule has 1 aliphatic carbocycles. The number of likely N-dealkylation sites (tertiary alicyclic amines) is 1. The van der Waals surface area contributed by atoms with E-state index in [1.165, 1.54) is 0 Å². The summed E-state index contributed by atoms with van der Waals surface area (Å²) in [6.07, 6.45) is 8.15. The molecule has 0 spiro atoms. The second-order valence-electron chi connectivity index (χ2n) is 6.75. The van der Waals surface area contributed by atoms with Crippen molar-refractivity contribution in [1.29, 1.82) is 0 Å². The van der Waals surface area contributed by atoms with Gasteiger partial charge in [0.25, 0.3) is 0 Å². The molecule has 1 saturated carbocycles. The molecule has 1 saturated heterocycles. The highest BCUT2D eigenvalue weighted by Crippen LogP contribution is 2.28. The summed E-state index contributed by atoms with van der Waals surface area (Å²) in [6.45, 7) is 3.69. The molecule has 0 aromatic rings. The van der Waals surface area contributed by atoms with Crippen molar-refractivity contribution in [1.82, 2.24) is 10.2 Å². The highest BCUT2D eigenvalue weighted by atomic mass is 16.4. The van der Waals surface area contributed by atoms with E-state index < -0.39 is 11.5 Å². The first kappa shape index (κ1) is 16.1. The van der Waals surface area contributed by atoms with E-state index in [1.54, 1.807) is 4.90 Å². The smallest absolute Gasteiger partial charge is 0.329 e. The van der Waals surface area contributed by atoms with Crippen LogP contribution < -0.4 is 5.32 Å². The normalized spacial score (nSPS) is 26.5. The average Bonchev–Trinajstić information content (AvgIpc) is 2.80. The van der Waals surface area contributed by atoms with E-state index in [4.69, 9.17) is 0 Å². The third kappa shape index (κ3) is 4.11. The standard InChI is InChI=1S/C16H28N2O3/c1-13-7-6-11-18(12-8-13)15(21)17-16(14(19)20)9-4-2-3-5-10-16/h13H,2-12H2,1H3,(H,17,21)(H,19,20). The van der Waals surface area contributed by atoms with Gasteiger partial charge in [-0.05, 0) is 38.0 Å². The highest BCUT2D eigenvalue weighted by molar-refractivity contribution is 5.86. The molecule has 0 radical (unpaired) electrons. The molecule has 1 atom stereocenters. The molecule has 1 heterocycles. The van der Waals surface area contributed by atoms with E-state index in [2.05, 4.69) is 12.2 Å². The molecule has 2 fully saturated rings. The lowest BCUT2D eigenvalue weighted by Gasteiger charge is -2.32. The molecule has 0 aromatic heterocycles. The van der Waals surface area contributed by atoms with Gasteiger partial charge in [0.15, 0.2) is 0 Å². The van der Waals surface area contributed by atoms with Gasteiger partial charge in [0.1, 0.15) is 5.54 Å². The van der Waals surface area contributed by atoms with E-state index in [9.17, 15) is 14.7 Å². The zero-order valence-corrected chi connectivity index (χ0v) is 13.1. The summed E-state index contributed by atoms with van der Waals surface area (Å²) in [7, 11) is 0. The van der Waals surface area contributed by atoms with Gasteiger partial charge in [0.05, 0.1) is 0 Å². The fourth-order valence-corrected chi connectivity index (χ4v) is 3.47. The number of hydrogen-bond acceptors (Lipinski definition) is 2. The van der Waals surface area contributed by atoms with Crippen LogP contribution in [-0.4, -0.2) is 40.6 Å². The Morgan fingerprint density at radius 1 is 1.05 bits per heavy atom. The van der Waals surface area contributed by atoms with Crippen molar-refractivity contribution >= 4 is 12.0 Å². The van der Waals surface area contributed by atoms with Crippen molar-refractivity contribution in [2.45, 2.75) is 70.3 Å². The lowest BCUT2D eigenvalue weighted by molar-refractivity contribution is -0.145. The molecule has 2 amide bonds. The third-order valence-electron chi connectivity index (χ3n) is 5.02. The number of aliphatic carboxylic acids is 1. The van der Waals surface area contributed by atoms with Crippen LogP contribution in [0.2, 0.25) is 0 Å². The first-order chi connectivity index (χ1) is 10.0. The molecule has 2 rings (SSSR count). The zero-order valence-electron chi connectivity index (χ0n) is 13.1. The van der Waals surface area contributed by atoms with Gasteiger partial charge < -0.3 is 15.3 Å². The molecular formula is C16H28N2O3. The van der Waals surface area contributed by atoms with E-state index in [0.717, 1.165) is 58.0 Å². The van der Waals surface area contributed by atoms with Crippen molar-refractivity contribution in [2.24, 2.45) is 5.92 Å². The quantitative estimate of drug-likeness (QED) is 0.770. The number of amides is 2. The van der Waals surface area contributed by atoms with Crippen molar-refractivity contribution in [2.75, 3.05) is 13.1 Å². The van der Waals surface area contributed by atoms with Gasteiger partial charge in [0, 0.05) is 13.1 Å². The Labute approximate surface area is 127 Å². The first-order valence-electron chi connectivity index (χ1n) is 8.34. The summed E-state index contributed by atoms with van der Waals surface area (Å²) in [5.74, 6) is -0.227. The fraction of sp³-hybridized carbons (Fsp3) is 0.875. The maximum absolute atomic E-state index is 12.5.